The highest BCUT2D eigenvalue weighted by Gasteiger charge is 2.05. The van der Waals surface area contributed by atoms with Crippen molar-refractivity contribution in [2.24, 2.45) is 5.73 Å². The largest absolute Gasteiger partial charge is 0.489 e. The summed E-state index contributed by atoms with van der Waals surface area (Å²) in [6.07, 6.45) is 0. The summed E-state index contributed by atoms with van der Waals surface area (Å²) in [5.74, 6) is 0.863. The van der Waals surface area contributed by atoms with Gasteiger partial charge in [-0.15, -0.1) is 0 Å². The molecule has 0 aliphatic carbocycles. The van der Waals surface area contributed by atoms with E-state index in [0.29, 0.717) is 18.2 Å². The molecule has 2 N–H and O–H groups in total. The van der Waals surface area contributed by atoms with Gasteiger partial charge >= 0.3 is 0 Å². The highest BCUT2D eigenvalue weighted by atomic mass is 79.9. The zero-order valence-corrected chi connectivity index (χ0v) is 13.0. The molecular formula is C15H15BrClNO. The van der Waals surface area contributed by atoms with Crippen LogP contribution in [-0.4, -0.2) is 0 Å². The molecule has 0 amide bonds. The molecule has 0 aliphatic heterocycles. The van der Waals surface area contributed by atoms with Crippen LogP contribution in [0.25, 0.3) is 0 Å². The Bertz CT molecular complexity index is 586. The van der Waals surface area contributed by atoms with Gasteiger partial charge in [0, 0.05) is 21.6 Å². The fourth-order valence-electron chi connectivity index (χ4n) is 1.77. The van der Waals surface area contributed by atoms with Gasteiger partial charge in [0.05, 0.1) is 0 Å². The normalized spacial score (nSPS) is 10.5. The minimum absolute atomic E-state index is 0.451. The smallest absolute Gasteiger partial charge is 0.122 e. The first-order valence-corrected chi connectivity index (χ1v) is 7.13. The zero-order valence-electron chi connectivity index (χ0n) is 10.6. The van der Waals surface area contributed by atoms with Crippen molar-refractivity contribution in [3.05, 3.63) is 62.6 Å². The molecule has 0 radical (unpaired) electrons. The topological polar surface area (TPSA) is 35.2 Å². The Morgan fingerprint density at radius 2 is 2.00 bits per heavy atom. The summed E-state index contributed by atoms with van der Waals surface area (Å²) in [6.45, 7) is 2.96. The number of benzene rings is 2. The lowest BCUT2D eigenvalue weighted by atomic mass is 10.1. The molecule has 2 aromatic carbocycles. The molecule has 0 saturated heterocycles. The first kappa shape index (κ1) is 14.4. The minimum atomic E-state index is 0.451. The molecule has 0 saturated carbocycles. The van der Waals surface area contributed by atoms with Gasteiger partial charge in [0.1, 0.15) is 12.4 Å². The fraction of sp³-hybridized carbons (Fsp3) is 0.200. The second kappa shape index (κ2) is 6.42. The standard InChI is InChI=1S/C15H15BrClNO/c1-10-6-13(16)4-5-15(10)19-9-12-3-2-11(8-18)7-14(12)17/h2-7H,8-9,18H2,1H3. The average Bonchev–Trinajstić information content (AvgIpc) is 2.39. The van der Waals surface area contributed by atoms with Gasteiger partial charge in [-0.2, -0.15) is 0 Å². The summed E-state index contributed by atoms with van der Waals surface area (Å²) in [6, 6.07) is 11.7. The summed E-state index contributed by atoms with van der Waals surface area (Å²) in [4.78, 5) is 0. The van der Waals surface area contributed by atoms with E-state index in [-0.39, 0.29) is 0 Å². The molecule has 19 heavy (non-hydrogen) atoms. The third-order valence-electron chi connectivity index (χ3n) is 2.87. The van der Waals surface area contributed by atoms with Crippen LogP contribution in [0.15, 0.2) is 40.9 Å². The predicted octanol–water partition coefficient (Wildman–Crippen LogP) is 4.45. The molecule has 0 fully saturated rings. The van der Waals surface area contributed by atoms with Gasteiger partial charge in [0.25, 0.3) is 0 Å². The first-order chi connectivity index (χ1) is 9.10. The van der Waals surface area contributed by atoms with E-state index in [1.807, 2.05) is 43.3 Å². The Morgan fingerprint density at radius 3 is 2.63 bits per heavy atom. The van der Waals surface area contributed by atoms with E-state index in [1.54, 1.807) is 0 Å². The molecular weight excluding hydrogens is 326 g/mol. The summed E-state index contributed by atoms with van der Waals surface area (Å²) in [7, 11) is 0. The number of rotatable bonds is 4. The van der Waals surface area contributed by atoms with Crippen LogP contribution in [0.1, 0.15) is 16.7 Å². The number of aryl methyl sites for hydroxylation is 1. The van der Waals surface area contributed by atoms with Crippen LogP contribution < -0.4 is 10.5 Å². The Labute approximate surface area is 126 Å². The van der Waals surface area contributed by atoms with Crippen molar-refractivity contribution in [2.45, 2.75) is 20.1 Å². The monoisotopic (exact) mass is 339 g/mol. The van der Waals surface area contributed by atoms with E-state index < -0.39 is 0 Å². The number of hydrogen-bond donors (Lipinski definition) is 1. The van der Waals surface area contributed by atoms with Crippen LogP contribution >= 0.6 is 27.5 Å². The van der Waals surface area contributed by atoms with Crippen molar-refractivity contribution >= 4 is 27.5 Å². The van der Waals surface area contributed by atoms with E-state index >= 15 is 0 Å². The lowest BCUT2D eigenvalue weighted by molar-refractivity contribution is 0.304. The summed E-state index contributed by atoms with van der Waals surface area (Å²) in [5.41, 5.74) is 8.64. The van der Waals surface area contributed by atoms with E-state index in [1.165, 1.54) is 0 Å². The predicted molar refractivity (Wildman–Crippen MR) is 82.6 cm³/mol. The average molecular weight is 341 g/mol. The number of nitrogens with two attached hydrogens (primary N) is 1. The zero-order chi connectivity index (χ0) is 13.8. The lowest BCUT2D eigenvalue weighted by Crippen LogP contribution is -2.00. The van der Waals surface area contributed by atoms with E-state index in [4.69, 9.17) is 22.1 Å². The Hall–Kier alpha value is -1.03. The number of halogens is 2. The van der Waals surface area contributed by atoms with Gasteiger partial charge < -0.3 is 10.5 Å². The van der Waals surface area contributed by atoms with Crippen molar-refractivity contribution in [3.8, 4) is 5.75 Å². The van der Waals surface area contributed by atoms with Crippen LogP contribution in [0, 0.1) is 6.92 Å². The third-order valence-corrected chi connectivity index (χ3v) is 3.72. The van der Waals surface area contributed by atoms with Crippen LogP contribution in [0.5, 0.6) is 5.75 Å². The quantitative estimate of drug-likeness (QED) is 0.892. The van der Waals surface area contributed by atoms with Crippen LogP contribution in [-0.2, 0) is 13.2 Å². The van der Waals surface area contributed by atoms with Gasteiger partial charge in [0.15, 0.2) is 0 Å². The minimum Gasteiger partial charge on any atom is -0.489 e. The molecule has 2 aromatic rings. The van der Waals surface area contributed by atoms with Crippen molar-refractivity contribution in [2.75, 3.05) is 0 Å². The van der Waals surface area contributed by atoms with Crippen molar-refractivity contribution < 1.29 is 4.74 Å². The fourth-order valence-corrected chi connectivity index (χ4v) is 2.50. The molecule has 4 heteroatoms. The maximum Gasteiger partial charge on any atom is 0.122 e. The molecule has 2 nitrogen and oxygen atoms in total. The molecule has 0 bridgehead atoms. The molecule has 0 spiro atoms. The van der Waals surface area contributed by atoms with Gasteiger partial charge in [0.2, 0.25) is 0 Å². The Balaban J connectivity index is 2.10. The van der Waals surface area contributed by atoms with Gasteiger partial charge in [-0.1, -0.05) is 39.7 Å². The summed E-state index contributed by atoms with van der Waals surface area (Å²) >= 11 is 9.63. The first-order valence-electron chi connectivity index (χ1n) is 5.96. The highest BCUT2D eigenvalue weighted by molar-refractivity contribution is 9.10. The molecule has 0 aliphatic rings. The Morgan fingerprint density at radius 1 is 1.21 bits per heavy atom. The van der Waals surface area contributed by atoms with Gasteiger partial charge in [-0.3, -0.25) is 0 Å². The molecule has 0 unspecified atom stereocenters. The van der Waals surface area contributed by atoms with Crippen molar-refractivity contribution in [1.29, 1.82) is 0 Å². The third kappa shape index (κ3) is 3.72. The molecule has 0 heterocycles. The van der Waals surface area contributed by atoms with E-state index in [0.717, 1.165) is 26.9 Å². The van der Waals surface area contributed by atoms with Crippen molar-refractivity contribution in [3.63, 3.8) is 0 Å². The second-order valence-corrected chi connectivity index (χ2v) is 5.65. The van der Waals surface area contributed by atoms with E-state index in [9.17, 15) is 0 Å². The Kier molecular flexibility index (Phi) is 4.86. The highest BCUT2D eigenvalue weighted by Crippen LogP contribution is 2.25. The van der Waals surface area contributed by atoms with Crippen LogP contribution in [0.2, 0.25) is 5.02 Å². The van der Waals surface area contributed by atoms with Gasteiger partial charge in [-0.25, -0.2) is 0 Å². The lowest BCUT2D eigenvalue weighted by Gasteiger charge is -2.11. The molecule has 2 rings (SSSR count). The van der Waals surface area contributed by atoms with Crippen LogP contribution in [0.4, 0.5) is 0 Å². The van der Waals surface area contributed by atoms with Crippen molar-refractivity contribution in [1.82, 2.24) is 0 Å². The summed E-state index contributed by atoms with van der Waals surface area (Å²) < 4.78 is 6.84. The number of ether oxygens (including phenoxy) is 1. The molecule has 100 valence electrons. The second-order valence-electron chi connectivity index (χ2n) is 4.33. The maximum absolute atomic E-state index is 6.20. The SMILES string of the molecule is Cc1cc(Br)ccc1OCc1ccc(CN)cc1Cl. The van der Waals surface area contributed by atoms with E-state index in [2.05, 4.69) is 15.9 Å². The van der Waals surface area contributed by atoms with Gasteiger partial charge in [-0.05, 0) is 42.3 Å². The summed E-state index contributed by atoms with van der Waals surface area (Å²) in [5, 5.41) is 0.692. The molecule has 0 atom stereocenters. The number of hydrogen-bond acceptors (Lipinski definition) is 2. The maximum atomic E-state index is 6.20. The van der Waals surface area contributed by atoms with Crippen LogP contribution in [0.3, 0.4) is 0 Å². The molecule has 0 aromatic heterocycles.